The predicted octanol–water partition coefficient (Wildman–Crippen LogP) is 1.39. The van der Waals surface area contributed by atoms with E-state index in [-0.39, 0.29) is 0 Å². The van der Waals surface area contributed by atoms with Crippen molar-refractivity contribution in [2.24, 2.45) is 5.92 Å². The Kier molecular flexibility index (Phi) is 4.05. The Bertz CT molecular complexity index is 548. The van der Waals surface area contributed by atoms with E-state index in [1.807, 2.05) is 0 Å². The zero-order valence-electron chi connectivity index (χ0n) is 10.4. The number of hydrogen-bond acceptors (Lipinski definition) is 4. The van der Waals surface area contributed by atoms with E-state index in [0.29, 0.717) is 11.4 Å². The van der Waals surface area contributed by atoms with Crippen molar-refractivity contribution in [1.82, 2.24) is 9.97 Å². The molecular weight excluding hydrogens is 260 g/mol. The van der Waals surface area contributed by atoms with Crippen LogP contribution in [0.5, 0.6) is 0 Å². The summed E-state index contributed by atoms with van der Waals surface area (Å²) in [5.74, 6) is -5.41. The number of carbonyl (C=O) groups is 2. The molecule has 0 unspecified atom stereocenters. The summed E-state index contributed by atoms with van der Waals surface area (Å²) < 4.78 is 0. The number of pyridine rings is 2. The van der Waals surface area contributed by atoms with Crippen molar-refractivity contribution in [2.45, 2.75) is 5.92 Å². The molecule has 0 atom stereocenters. The van der Waals surface area contributed by atoms with Gasteiger partial charge in [0, 0.05) is 12.4 Å². The van der Waals surface area contributed by atoms with Gasteiger partial charge < -0.3 is 10.2 Å². The maximum Gasteiger partial charge on any atom is 0.318 e. The molecule has 0 fully saturated rings. The number of aliphatic carboxylic acids is 2. The van der Waals surface area contributed by atoms with Crippen molar-refractivity contribution in [2.75, 3.05) is 0 Å². The van der Waals surface area contributed by atoms with Gasteiger partial charge in [0.1, 0.15) is 0 Å². The molecule has 0 saturated heterocycles. The Balaban J connectivity index is 2.55. The second-order valence-electron chi connectivity index (χ2n) is 4.14. The number of aromatic nitrogens is 2. The van der Waals surface area contributed by atoms with Crippen LogP contribution in [0.1, 0.15) is 17.3 Å². The SMILES string of the molecule is O=C(O)C(C(=O)O)C(c1ccccn1)c1ccccn1. The van der Waals surface area contributed by atoms with Crippen LogP contribution in [0.15, 0.2) is 48.8 Å². The van der Waals surface area contributed by atoms with Crippen LogP contribution in [0.4, 0.5) is 0 Å². The maximum atomic E-state index is 11.3. The van der Waals surface area contributed by atoms with Crippen LogP contribution in [0.25, 0.3) is 0 Å². The Morgan fingerprint density at radius 2 is 1.30 bits per heavy atom. The molecule has 0 amide bonds. The Morgan fingerprint density at radius 1 is 0.850 bits per heavy atom. The van der Waals surface area contributed by atoms with Crippen LogP contribution in [-0.2, 0) is 9.59 Å². The van der Waals surface area contributed by atoms with E-state index in [9.17, 15) is 19.8 Å². The van der Waals surface area contributed by atoms with Crippen LogP contribution in [0.3, 0.4) is 0 Å². The molecule has 0 radical (unpaired) electrons. The summed E-state index contributed by atoms with van der Waals surface area (Å²) >= 11 is 0. The molecule has 102 valence electrons. The molecule has 2 aromatic heterocycles. The summed E-state index contributed by atoms with van der Waals surface area (Å²) in [7, 11) is 0. The molecule has 2 N–H and O–H groups in total. The van der Waals surface area contributed by atoms with Crippen molar-refractivity contribution < 1.29 is 19.8 Å². The number of rotatable bonds is 5. The molecule has 6 nitrogen and oxygen atoms in total. The van der Waals surface area contributed by atoms with Gasteiger partial charge in [0.25, 0.3) is 0 Å². The van der Waals surface area contributed by atoms with Crippen LogP contribution in [0, 0.1) is 5.92 Å². The van der Waals surface area contributed by atoms with Gasteiger partial charge in [-0.3, -0.25) is 19.6 Å². The van der Waals surface area contributed by atoms with E-state index in [1.165, 1.54) is 12.4 Å². The minimum Gasteiger partial charge on any atom is -0.481 e. The highest BCUT2D eigenvalue weighted by Gasteiger charge is 2.38. The second-order valence-corrected chi connectivity index (χ2v) is 4.14. The summed E-state index contributed by atoms with van der Waals surface area (Å²) in [6, 6.07) is 9.90. The molecule has 2 aromatic rings. The fourth-order valence-corrected chi connectivity index (χ4v) is 2.00. The molecule has 0 aliphatic heterocycles. The van der Waals surface area contributed by atoms with Crippen molar-refractivity contribution >= 4 is 11.9 Å². The van der Waals surface area contributed by atoms with Gasteiger partial charge in [-0.15, -0.1) is 0 Å². The number of carboxylic acid groups (broad SMARTS) is 2. The highest BCUT2D eigenvalue weighted by Crippen LogP contribution is 2.30. The summed E-state index contributed by atoms with van der Waals surface area (Å²) in [6.07, 6.45) is 2.98. The van der Waals surface area contributed by atoms with E-state index in [4.69, 9.17) is 0 Å². The maximum absolute atomic E-state index is 11.3. The average Bonchev–Trinajstić information content (AvgIpc) is 2.45. The molecule has 6 heteroatoms. The van der Waals surface area contributed by atoms with Gasteiger partial charge in [-0.2, -0.15) is 0 Å². The van der Waals surface area contributed by atoms with Crippen LogP contribution in [-0.4, -0.2) is 32.1 Å². The fourth-order valence-electron chi connectivity index (χ4n) is 2.00. The van der Waals surface area contributed by atoms with E-state index in [1.54, 1.807) is 36.4 Å². The van der Waals surface area contributed by atoms with Gasteiger partial charge >= 0.3 is 11.9 Å². The Hall–Kier alpha value is -2.76. The molecular formula is C14H12N2O4. The first-order valence-corrected chi connectivity index (χ1v) is 5.88. The Labute approximate surface area is 114 Å². The third-order valence-corrected chi connectivity index (χ3v) is 2.88. The van der Waals surface area contributed by atoms with E-state index in [2.05, 4.69) is 9.97 Å². The summed E-state index contributed by atoms with van der Waals surface area (Å²) in [4.78, 5) is 30.7. The van der Waals surface area contributed by atoms with Crippen molar-refractivity contribution in [1.29, 1.82) is 0 Å². The summed E-state index contributed by atoms with van der Waals surface area (Å²) in [6.45, 7) is 0. The van der Waals surface area contributed by atoms with Crippen molar-refractivity contribution in [3.63, 3.8) is 0 Å². The Morgan fingerprint density at radius 3 is 1.60 bits per heavy atom. The lowest BCUT2D eigenvalue weighted by Crippen LogP contribution is -2.31. The highest BCUT2D eigenvalue weighted by molar-refractivity contribution is 5.94. The lowest BCUT2D eigenvalue weighted by molar-refractivity contribution is -0.155. The monoisotopic (exact) mass is 272 g/mol. The van der Waals surface area contributed by atoms with Gasteiger partial charge in [-0.05, 0) is 24.3 Å². The van der Waals surface area contributed by atoms with Crippen LogP contribution in [0.2, 0.25) is 0 Å². The molecule has 0 aliphatic rings. The molecule has 0 aromatic carbocycles. The molecule has 2 rings (SSSR count). The summed E-state index contributed by atoms with van der Waals surface area (Å²) in [5, 5.41) is 18.4. The third kappa shape index (κ3) is 2.80. The molecule has 2 heterocycles. The smallest absolute Gasteiger partial charge is 0.318 e. The highest BCUT2D eigenvalue weighted by atomic mass is 16.4. The van der Waals surface area contributed by atoms with Crippen LogP contribution >= 0.6 is 0 Å². The van der Waals surface area contributed by atoms with E-state index in [0.717, 1.165) is 0 Å². The third-order valence-electron chi connectivity index (χ3n) is 2.88. The van der Waals surface area contributed by atoms with Gasteiger partial charge in [0.05, 0.1) is 17.3 Å². The fraction of sp³-hybridized carbons (Fsp3) is 0.143. The lowest BCUT2D eigenvalue weighted by Gasteiger charge is -2.19. The number of carboxylic acids is 2. The van der Waals surface area contributed by atoms with Crippen molar-refractivity contribution in [3.8, 4) is 0 Å². The second kappa shape index (κ2) is 5.92. The molecule has 0 spiro atoms. The first-order valence-electron chi connectivity index (χ1n) is 5.88. The van der Waals surface area contributed by atoms with Gasteiger partial charge in [-0.25, -0.2) is 0 Å². The quantitative estimate of drug-likeness (QED) is 0.798. The van der Waals surface area contributed by atoms with Gasteiger partial charge in [0.2, 0.25) is 0 Å². The molecule has 0 bridgehead atoms. The topological polar surface area (TPSA) is 100 Å². The first kappa shape index (κ1) is 13.7. The minimum atomic E-state index is -1.64. The molecule has 0 aliphatic carbocycles. The minimum absolute atomic E-state index is 0.362. The number of hydrogen-bond donors (Lipinski definition) is 2. The zero-order chi connectivity index (χ0) is 14.5. The van der Waals surface area contributed by atoms with Crippen LogP contribution < -0.4 is 0 Å². The lowest BCUT2D eigenvalue weighted by atomic mass is 9.86. The summed E-state index contributed by atoms with van der Waals surface area (Å²) in [5.41, 5.74) is 0.724. The first-order chi connectivity index (χ1) is 9.61. The largest absolute Gasteiger partial charge is 0.481 e. The van der Waals surface area contributed by atoms with Crippen molar-refractivity contribution in [3.05, 3.63) is 60.2 Å². The zero-order valence-corrected chi connectivity index (χ0v) is 10.4. The standard InChI is InChI=1S/C14H12N2O4/c17-13(18)12(14(19)20)11(9-5-1-3-7-15-9)10-6-2-4-8-16-10/h1-8,11-12H,(H,17,18)(H,19,20). The molecule has 20 heavy (non-hydrogen) atoms. The average molecular weight is 272 g/mol. The molecule has 0 saturated carbocycles. The predicted molar refractivity (Wildman–Crippen MR) is 69.1 cm³/mol. The normalized spacial score (nSPS) is 10.7. The van der Waals surface area contributed by atoms with E-state index >= 15 is 0 Å². The number of nitrogens with zero attached hydrogens (tertiary/aromatic N) is 2. The van der Waals surface area contributed by atoms with Gasteiger partial charge in [0.15, 0.2) is 5.92 Å². The van der Waals surface area contributed by atoms with E-state index < -0.39 is 23.8 Å². The van der Waals surface area contributed by atoms with Gasteiger partial charge in [-0.1, -0.05) is 12.1 Å².